The van der Waals surface area contributed by atoms with Crippen LogP contribution >= 0.6 is 0 Å². The average molecular weight is 486 g/mol. The first-order chi connectivity index (χ1) is 17.3. The van der Waals surface area contributed by atoms with Crippen LogP contribution in [-0.2, 0) is 14.3 Å². The fourth-order valence-corrected chi connectivity index (χ4v) is 8.36. The van der Waals surface area contributed by atoms with Crippen molar-refractivity contribution in [3.63, 3.8) is 0 Å². The number of methoxy groups -OCH3 is 1. The molecule has 6 atom stereocenters. The molecule has 0 bridgehead atoms. The van der Waals surface area contributed by atoms with Gasteiger partial charge in [-0.1, -0.05) is 37.5 Å². The molecule has 0 amide bonds. The highest BCUT2D eigenvalue weighted by Crippen LogP contribution is 2.70. The molecule has 36 heavy (non-hydrogen) atoms. The first-order valence-electron chi connectivity index (χ1n) is 13.5. The number of carbonyl (C=O) groups is 2. The number of Topliss-reactive ketones (excluding diaryl/α,β-unsaturated/α-hetero) is 1. The van der Waals surface area contributed by atoms with Crippen molar-refractivity contribution in [1.82, 2.24) is 0 Å². The summed E-state index contributed by atoms with van der Waals surface area (Å²) in [6.45, 7) is 6.61. The van der Waals surface area contributed by atoms with Gasteiger partial charge in [-0.25, -0.2) is 0 Å². The summed E-state index contributed by atoms with van der Waals surface area (Å²) in [5.41, 5.74) is 5.73. The zero-order chi connectivity index (χ0) is 25.7. The Morgan fingerprint density at radius 1 is 1.22 bits per heavy atom. The highest BCUT2D eigenvalue weighted by molar-refractivity contribution is 5.93. The minimum absolute atomic E-state index is 0.114. The molecular formula is C32H39NO3. The number of ketones is 2. The van der Waals surface area contributed by atoms with E-state index in [0.29, 0.717) is 24.2 Å². The summed E-state index contributed by atoms with van der Waals surface area (Å²) < 4.78 is 5.38. The summed E-state index contributed by atoms with van der Waals surface area (Å²) in [6, 6.07) is 8.81. The zero-order valence-electron chi connectivity index (χ0n) is 22.4. The highest BCUT2D eigenvalue weighted by Gasteiger charge is 2.65. The minimum Gasteiger partial charge on any atom is -0.388 e. The molecule has 0 radical (unpaired) electrons. The number of allylic oxidation sites excluding steroid dienone is 4. The van der Waals surface area contributed by atoms with E-state index in [1.165, 1.54) is 16.7 Å². The quantitative estimate of drug-likeness (QED) is 0.512. The monoisotopic (exact) mass is 485 g/mol. The maximum absolute atomic E-state index is 13.7. The van der Waals surface area contributed by atoms with Crippen LogP contribution in [0.1, 0.15) is 70.8 Å². The summed E-state index contributed by atoms with van der Waals surface area (Å²) in [5, 5.41) is 3.24. The summed E-state index contributed by atoms with van der Waals surface area (Å²) in [6.07, 6.45) is 7.13. The van der Waals surface area contributed by atoms with E-state index in [0.717, 1.165) is 37.8 Å². The Labute approximate surface area is 216 Å². The van der Waals surface area contributed by atoms with Crippen molar-refractivity contribution >= 4 is 17.3 Å². The molecule has 4 nitrogen and oxygen atoms in total. The van der Waals surface area contributed by atoms with Crippen molar-refractivity contribution in [2.75, 3.05) is 26.1 Å². The molecule has 5 rings (SSSR count). The van der Waals surface area contributed by atoms with Gasteiger partial charge >= 0.3 is 0 Å². The summed E-state index contributed by atoms with van der Waals surface area (Å²) in [7, 11) is 3.55. The summed E-state index contributed by atoms with van der Waals surface area (Å²) in [5.74, 6) is 8.41. The predicted octanol–water partition coefficient (Wildman–Crippen LogP) is 6.10. The number of nitrogens with one attached hydrogen (secondary N) is 1. The fraction of sp³-hybridized carbons (Fsp3) is 0.562. The molecule has 0 heterocycles. The van der Waals surface area contributed by atoms with Gasteiger partial charge < -0.3 is 10.1 Å². The number of hydrogen-bond donors (Lipinski definition) is 1. The maximum Gasteiger partial charge on any atom is 0.176 e. The molecule has 0 saturated heterocycles. The van der Waals surface area contributed by atoms with E-state index in [9.17, 15) is 9.59 Å². The molecule has 4 heteroatoms. The maximum atomic E-state index is 13.7. The van der Waals surface area contributed by atoms with Gasteiger partial charge in [-0.2, -0.15) is 0 Å². The molecular weight excluding hydrogens is 446 g/mol. The molecule has 1 unspecified atom stereocenters. The number of carbonyl (C=O) groups excluding carboxylic acids is 2. The second-order valence-corrected chi connectivity index (χ2v) is 11.6. The molecule has 2 fully saturated rings. The molecule has 0 aromatic heterocycles. The number of anilines is 1. The smallest absolute Gasteiger partial charge is 0.176 e. The number of fused-ring (bicyclic) bond motifs is 4. The fourth-order valence-electron chi connectivity index (χ4n) is 8.36. The van der Waals surface area contributed by atoms with Crippen molar-refractivity contribution in [2.45, 2.75) is 65.2 Å². The standard InChI is InChI=1S/C32H39NO3/c1-6-14-32(29(35)19-36-5)15-13-28-26-16-20(2)25-17-23(34)11-12-24(25)30(26)27(18-31(28,32)3)21-7-9-22(33-4)10-8-21/h7-10,17,20,26-28,33H,11-13,15-16,18-19H2,1-5H3/t20?,26-,27+,28-,31-,32+/m0/s1. The molecule has 4 aliphatic rings. The van der Waals surface area contributed by atoms with Crippen LogP contribution in [0.15, 0.2) is 47.1 Å². The van der Waals surface area contributed by atoms with E-state index in [2.05, 4.69) is 55.3 Å². The topological polar surface area (TPSA) is 55.4 Å². The number of rotatable bonds is 5. The van der Waals surface area contributed by atoms with Crippen LogP contribution in [0, 0.1) is 40.4 Å². The van der Waals surface area contributed by atoms with Crippen molar-refractivity contribution < 1.29 is 14.3 Å². The Morgan fingerprint density at radius 2 is 1.97 bits per heavy atom. The van der Waals surface area contributed by atoms with Crippen LogP contribution in [0.25, 0.3) is 0 Å². The van der Waals surface area contributed by atoms with Crippen LogP contribution in [0.3, 0.4) is 0 Å². The van der Waals surface area contributed by atoms with Gasteiger partial charge in [0, 0.05) is 32.2 Å². The van der Waals surface area contributed by atoms with Crippen molar-refractivity contribution in [3.8, 4) is 11.8 Å². The summed E-state index contributed by atoms with van der Waals surface area (Å²) >= 11 is 0. The second kappa shape index (κ2) is 9.34. The van der Waals surface area contributed by atoms with E-state index in [1.54, 1.807) is 12.7 Å². The molecule has 4 aliphatic carbocycles. The molecule has 0 aliphatic heterocycles. The normalized spacial score (nSPS) is 35.1. The SMILES string of the molecule is CC#C[C@]1(C(=O)COC)CC[C@H]2[C@@H]3CC(C)C4=CC(=O)CCC4=C3[C@@H](c3ccc(NC)cc3)C[C@@]21C. The van der Waals surface area contributed by atoms with Gasteiger partial charge in [0.05, 0.1) is 5.41 Å². The second-order valence-electron chi connectivity index (χ2n) is 11.6. The van der Waals surface area contributed by atoms with E-state index in [1.807, 2.05) is 20.0 Å². The van der Waals surface area contributed by atoms with Crippen LogP contribution in [0.5, 0.6) is 0 Å². The Hall–Kier alpha value is -2.64. The Balaban J connectivity index is 1.71. The van der Waals surface area contributed by atoms with Crippen LogP contribution < -0.4 is 5.32 Å². The largest absolute Gasteiger partial charge is 0.388 e. The van der Waals surface area contributed by atoms with Gasteiger partial charge in [-0.15, -0.1) is 5.92 Å². The first kappa shape index (κ1) is 25.0. The van der Waals surface area contributed by atoms with E-state index < -0.39 is 5.41 Å². The lowest BCUT2D eigenvalue weighted by Crippen LogP contribution is -2.51. The predicted molar refractivity (Wildman–Crippen MR) is 144 cm³/mol. The molecule has 1 aromatic rings. The van der Waals surface area contributed by atoms with Gasteiger partial charge in [-0.3, -0.25) is 9.59 Å². The van der Waals surface area contributed by atoms with Crippen molar-refractivity contribution in [3.05, 3.63) is 52.6 Å². The van der Waals surface area contributed by atoms with Crippen LogP contribution in [0.4, 0.5) is 5.69 Å². The number of hydrogen-bond acceptors (Lipinski definition) is 4. The van der Waals surface area contributed by atoms with E-state index in [-0.39, 0.29) is 29.5 Å². The average Bonchev–Trinajstić information content (AvgIpc) is 3.17. The van der Waals surface area contributed by atoms with Crippen LogP contribution in [-0.4, -0.2) is 32.3 Å². The molecule has 0 spiro atoms. The lowest BCUT2D eigenvalue weighted by molar-refractivity contribution is -0.136. The third-order valence-corrected chi connectivity index (χ3v) is 9.98. The Morgan fingerprint density at radius 3 is 2.64 bits per heavy atom. The number of ether oxygens (including phenoxy) is 1. The van der Waals surface area contributed by atoms with E-state index in [4.69, 9.17) is 4.74 Å². The third kappa shape index (κ3) is 3.62. The lowest BCUT2D eigenvalue weighted by Gasteiger charge is -2.55. The van der Waals surface area contributed by atoms with Crippen LogP contribution in [0.2, 0.25) is 0 Å². The van der Waals surface area contributed by atoms with Gasteiger partial charge in [0.1, 0.15) is 6.61 Å². The zero-order valence-corrected chi connectivity index (χ0v) is 22.4. The Bertz CT molecular complexity index is 1200. The van der Waals surface area contributed by atoms with Crippen molar-refractivity contribution in [1.29, 1.82) is 0 Å². The molecule has 1 N–H and O–H groups in total. The van der Waals surface area contributed by atoms with Gasteiger partial charge in [0.15, 0.2) is 11.6 Å². The Kier molecular flexibility index (Phi) is 6.50. The van der Waals surface area contributed by atoms with E-state index >= 15 is 0 Å². The first-order valence-corrected chi connectivity index (χ1v) is 13.5. The summed E-state index contributed by atoms with van der Waals surface area (Å²) in [4.78, 5) is 26.1. The number of benzene rings is 1. The van der Waals surface area contributed by atoms with Gasteiger partial charge in [0.25, 0.3) is 0 Å². The lowest BCUT2D eigenvalue weighted by atomic mass is 9.47. The van der Waals surface area contributed by atoms with Crippen molar-refractivity contribution in [2.24, 2.45) is 28.6 Å². The van der Waals surface area contributed by atoms with Gasteiger partial charge in [-0.05, 0) is 97.1 Å². The highest BCUT2D eigenvalue weighted by atomic mass is 16.5. The minimum atomic E-state index is -0.677. The molecule has 1 aromatic carbocycles. The molecule has 2 saturated carbocycles. The third-order valence-electron chi connectivity index (χ3n) is 9.98. The van der Waals surface area contributed by atoms with Gasteiger partial charge in [0.2, 0.25) is 0 Å². The molecule has 190 valence electrons.